The second kappa shape index (κ2) is 16.2. The average molecular weight is 1130 g/mol. The molecule has 0 N–H and O–H groups in total. The molecule has 0 aliphatic heterocycles. The van der Waals surface area contributed by atoms with Crippen LogP contribution < -0.4 is 0 Å². The van der Waals surface area contributed by atoms with E-state index in [4.69, 9.17) is 0 Å². The van der Waals surface area contributed by atoms with Crippen LogP contribution in [-0.4, -0.2) is 0 Å². The van der Waals surface area contributed by atoms with Crippen LogP contribution in [0.5, 0.6) is 0 Å². The monoisotopic (exact) mass is 1130 g/mol. The van der Waals surface area contributed by atoms with Gasteiger partial charge in [-0.3, -0.25) is 0 Å². The van der Waals surface area contributed by atoms with Crippen LogP contribution in [0, 0.1) is 14.3 Å². The summed E-state index contributed by atoms with van der Waals surface area (Å²) in [6.45, 7) is 0. The van der Waals surface area contributed by atoms with Gasteiger partial charge in [0.2, 0.25) is 0 Å². The fraction of sp³-hybridized carbons (Fsp3) is 0.0204. The van der Waals surface area contributed by atoms with E-state index in [0.717, 1.165) is 0 Å². The van der Waals surface area contributed by atoms with E-state index in [1.807, 2.05) is 0 Å². The molecular weight excluding hydrogens is 1100 g/mol. The van der Waals surface area contributed by atoms with Crippen molar-refractivity contribution >= 4 is 90.4 Å². The maximum absolute atomic E-state index is 2.37. The Morgan fingerprint density at radius 1 is 0.189 bits per heavy atom. The first-order valence-electron chi connectivity index (χ1n) is 17.3. The van der Waals surface area contributed by atoms with E-state index < -0.39 is 5.41 Å². The lowest BCUT2D eigenvalue weighted by atomic mass is 9.64. The number of hydrogen-bond acceptors (Lipinski definition) is 0. The highest BCUT2D eigenvalue weighted by Gasteiger charge is 2.38. The summed E-state index contributed by atoms with van der Waals surface area (Å²) >= 11 is 9.49. The summed E-state index contributed by atoms with van der Waals surface area (Å²) in [6.07, 6.45) is 0. The minimum atomic E-state index is -0.593. The Balaban J connectivity index is 1.33. The molecule has 0 aromatic heterocycles. The summed E-state index contributed by atoms with van der Waals surface area (Å²) in [7, 11) is 0. The summed E-state index contributed by atoms with van der Waals surface area (Å²) in [5.41, 5.74) is 14.0. The van der Waals surface area contributed by atoms with Gasteiger partial charge in [0.15, 0.2) is 0 Å². The number of rotatable bonds is 8. The summed E-state index contributed by atoms with van der Waals surface area (Å²) in [6, 6.07) is 72.0. The number of hydrogen-bond donors (Lipinski definition) is 0. The molecule has 0 nitrogen and oxygen atoms in total. The molecule has 0 atom stereocenters. The average Bonchev–Trinajstić information content (AvgIpc) is 3.20. The van der Waals surface area contributed by atoms with Gasteiger partial charge in [-0.2, -0.15) is 0 Å². The zero-order valence-corrected chi connectivity index (χ0v) is 37.1. The molecule has 0 radical (unpaired) electrons. The minimum absolute atomic E-state index is 0.593. The Morgan fingerprint density at radius 3 is 0.472 bits per heavy atom. The van der Waals surface area contributed by atoms with Gasteiger partial charge < -0.3 is 0 Å². The predicted molar refractivity (Wildman–Crippen MR) is 257 cm³/mol. The Kier molecular flexibility index (Phi) is 11.2. The molecule has 0 unspecified atom stereocenters. The molecule has 0 aliphatic rings. The van der Waals surface area contributed by atoms with Crippen molar-refractivity contribution in [3.8, 4) is 44.5 Å². The van der Waals surface area contributed by atoms with Crippen LogP contribution >= 0.6 is 90.4 Å². The maximum Gasteiger partial charge on any atom is 0.0701 e. The molecule has 0 saturated heterocycles. The summed E-state index contributed by atoms with van der Waals surface area (Å²) < 4.78 is 4.94. The van der Waals surface area contributed by atoms with Crippen molar-refractivity contribution in [2.45, 2.75) is 5.41 Å². The third-order valence-electron chi connectivity index (χ3n) is 9.98. The maximum atomic E-state index is 2.37. The van der Waals surface area contributed by atoms with E-state index in [1.165, 1.54) is 81.0 Å². The van der Waals surface area contributed by atoms with Gasteiger partial charge in [-0.15, -0.1) is 0 Å². The quantitative estimate of drug-likeness (QED) is 0.105. The normalized spacial score (nSPS) is 11.4. The topological polar surface area (TPSA) is 0 Å². The van der Waals surface area contributed by atoms with Crippen LogP contribution in [0.4, 0.5) is 0 Å². The van der Waals surface area contributed by atoms with Gasteiger partial charge in [-0.1, -0.05) is 146 Å². The highest BCUT2D eigenvalue weighted by molar-refractivity contribution is 14.1. The lowest BCUT2D eigenvalue weighted by molar-refractivity contribution is 0.745. The Hall–Kier alpha value is -3.32. The molecule has 0 aliphatic carbocycles. The molecule has 0 fully saturated rings. The molecule has 8 aromatic rings. The van der Waals surface area contributed by atoms with Gasteiger partial charge in [0.05, 0.1) is 5.41 Å². The Labute approximate surface area is 366 Å². The zero-order chi connectivity index (χ0) is 36.4. The van der Waals surface area contributed by atoms with Crippen molar-refractivity contribution in [2.24, 2.45) is 0 Å². The van der Waals surface area contributed by atoms with Gasteiger partial charge in [0.1, 0.15) is 0 Å². The highest BCUT2D eigenvalue weighted by Crippen LogP contribution is 2.47. The molecule has 0 spiro atoms. The van der Waals surface area contributed by atoms with Crippen LogP contribution in [0.25, 0.3) is 44.5 Å². The summed E-state index contributed by atoms with van der Waals surface area (Å²) in [5.74, 6) is 0. The van der Waals surface area contributed by atoms with Crippen molar-refractivity contribution in [2.75, 3.05) is 0 Å². The third-order valence-corrected chi connectivity index (χ3v) is 12.9. The Bertz CT molecular complexity index is 2090. The van der Waals surface area contributed by atoms with Crippen LogP contribution in [0.1, 0.15) is 22.3 Å². The van der Waals surface area contributed by atoms with E-state index in [1.54, 1.807) is 0 Å². The minimum Gasteiger partial charge on any atom is -0.0568 e. The molecule has 0 amide bonds. The van der Waals surface area contributed by atoms with Crippen molar-refractivity contribution in [1.29, 1.82) is 0 Å². The molecular formula is C49H32I4. The summed E-state index contributed by atoms with van der Waals surface area (Å²) in [5, 5.41) is 0. The van der Waals surface area contributed by atoms with Gasteiger partial charge in [-0.25, -0.2) is 0 Å². The molecule has 4 heteroatoms. The largest absolute Gasteiger partial charge is 0.0701 e. The highest BCUT2D eigenvalue weighted by atomic mass is 127. The lowest BCUT2D eigenvalue weighted by Crippen LogP contribution is -2.31. The van der Waals surface area contributed by atoms with Gasteiger partial charge in [0.25, 0.3) is 0 Å². The number of benzene rings is 8. The van der Waals surface area contributed by atoms with E-state index in [2.05, 4.69) is 284 Å². The second-order valence-corrected chi connectivity index (χ2v) is 18.1. The molecule has 53 heavy (non-hydrogen) atoms. The first-order valence-corrected chi connectivity index (χ1v) is 21.6. The third kappa shape index (κ3) is 7.79. The predicted octanol–water partition coefficient (Wildman–Crippen LogP) is 15.2. The molecule has 0 heterocycles. The van der Waals surface area contributed by atoms with Crippen molar-refractivity contribution in [3.05, 3.63) is 231 Å². The van der Waals surface area contributed by atoms with Crippen molar-refractivity contribution in [1.82, 2.24) is 0 Å². The molecule has 8 rings (SSSR count). The van der Waals surface area contributed by atoms with Crippen molar-refractivity contribution in [3.63, 3.8) is 0 Å². The number of halogens is 4. The van der Waals surface area contributed by atoms with Crippen LogP contribution in [0.2, 0.25) is 0 Å². The van der Waals surface area contributed by atoms with E-state index >= 15 is 0 Å². The fourth-order valence-corrected chi connectivity index (χ4v) is 8.66. The fourth-order valence-electron chi connectivity index (χ4n) is 7.22. The lowest BCUT2D eigenvalue weighted by Gasteiger charge is -2.37. The van der Waals surface area contributed by atoms with E-state index in [-0.39, 0.29) is 0 Å². The second-order valence-electron chi connectivity index (χ2n) is 13.1. The molecule has 8 aromatic carbocycles. The first-order chi connectivity index (χ1) is 25.9. The zero-order valence-electron chi connectivity index (χ0n) is 28.5. The van der Waals surface area contributed by atoms with Crippen LogP contribution in [0.15, 0.2) is 194 Å². The van der Waals surface area contributed by atoms with E-state index in [9.17, 15) is 0 Å². The van der Waals surface area contributed by atoms with Gasteiger partial charge in [0, 0.05) is 14.3 Å². The molecule has 0 saturated carbocycles. The first kappa shape index (κ1) is 36.6. The van der Waals surface area contributed by atoms with Gasteiger partial charge >= 0.3 is 0 Å². The van der Waals surface area contributed by atoms with Crippen molar-refractivity contribution < 1.29 is 0 Å². The smallest absolute Gasteiger partial charge is 0.0568 e. The Morgan fingerprint density at radius 2 is 0.321 bits per heavy atom. The summed E-state index contributed by atoms with van der Waals surface area (Å²) in [4.78, 5) is 0. The molecule has 0 bridgehead atoms. The molecule has 256 valence electrons. The van der Waals surface area contributed by atoms with Gasteiger partial charge in [-0.05, 0) is 206 Å². The van der Waals surface area contributed by atoms with Crippen LogP contribution in [-0.2, 0) is 5.41 Å². The standard InChI is InChI=1S/C49H32I4/c50-45-25-9-37(10-26-45)33-1-17-41(18-2-33)49(42-19-3-34(4-20-42)38-11-27-46(51)28-12-38,43-21-5-35(6-22-43)39-13-29-47(52)30-14-39)44-23-7-36(8-24-44)40-15-31-48(53)32-16-40/h1-32H. The van der Waals surface area contributed by atoms with E-state index in [0.29, 0.717) is 0 Å². The SMILES string of the molecule is Ic1ccc(-c2ccc(C(c3ccc(-c4ccc(I)cc4)cc3)(c3ccc(-c4ccc(I)cc4)cc3)c3ccc(-c4ccc(I)cc4)cc3)cc2)cc1. The van der Waals surface area contributed by atoms with Crippen LogP contribution in [0.3, 0.4) is 0 Å².